The number of morpholine rings is 1. The van der Waals surface area contributed by atoms with Gasteiger partial charge in [0.2, 0.25) is 5.78 Å². The van der Waals surface area contributed by atoms with Crippen LogP contribution in [0.2, 0.25) is 0 Å². The molecule has 3 aromatic rings. The molecule has 1 fully saturated rings. The van der Waals surface area contributed by atoms with Gasteiger partial charge in [-0.2, -0.15) is 13.2 Å². The van der Waals surface area contributed by atoms with Crippen LogP contribution in [0.3, 0.4) is 0 Å². The highest BCUT2D eigenvalue weighted by Crippen LogP contribution is 2.40. The maximum Gasteiger partial charge on any atom is 0.416 e. The lowest BCUT2D eigenvalue weighted by atomic mass is 9.84. The zero-order chi connectivity index (χ0) is 26.4. The first kappa shape index (κ1) is 25.7. The van der Waals surface area contributed by atoms with Crippen molar-refractivity contribution in [3.05, 3.63) is 52.3 Å². The number of hydrogen-bond acceptors (Lipinski definition) is 5. The smallest absolute Gasteiger partial charge is 0.416 e. The Morgan fingerprint density at radius 1 is 1.17 bits per heavy atom. The van der Waals surface area contributed by atoms with Crippen molar-refractivity contribution in [2.75, 3.05) is 38.3 Å². The van der Waals surface area contributed by atoms with Gasteiger partial charge >= 0.3 is 6.18 Å². The number of ketones is 1. The molecule has 0 atom stereocenters. The number of nitrogens with zero attached hydrogens (tertiary/aromatic N) is 4. The Hall–Kier alpha value is -3.34. The van der Waals surface area contributed by atoms with E-state index >= 15 is 0 Å². The van der Waals surface area contributed by atoms with Crippen LogP contribution in [-0.2, 0) is 22.9 Å². The normalized spacial score (nSPS) is 14.9. The van der Waals surface area contributed by atoms with Crippen molar-refractivity contribution in [2.45, 2.75) is 45.8 Å². The molecule has 0 radical (unpaired) electrons. The van der Waals surface area contributed by atoms with Crippen molar-refractivity contribution in [1.29, 1.82) is 5.41 Å². The Morgan fingerprint density at radius 3 is 2.42 bits per heavy atom. The second-order valence-electron chi connectivity index (χ2n) is 9.91. The number of aryl methyl sites for hydroxylation is 1. The molecule has 0 aliphatic carbocycles. The molecule has 194 valence electrons. The van der Waals surface area contributed by atoms with Crippen molar-refractivity contribution in [2.24, 2.45) is 0 Å². The van der Waals surface area contributed by atoms with E-state index in [4.69, 9.17) is 14.9 Å². The predicted octanol–water partition coefficient (Wildman–Crippen LogP) is 3.02. The molecule has 1 aliphatic rings. The van der Waals surface area contributed by atoms with Crippen LogP contribution in [0, 0.1) is 12.3 Å². The molecule has 0 bridgehead atoms. The maximum absolute atomic E-state index is 13.5. The number of Topliss-reactive ketones (excluding diaryl/α,β-unsaturated/α-hetero) is 1. The molecule has 1 N–H and O–H groups in total. The number of alkyl halides is 3. The highest BCUT2D eigenvalue weighted by atomic mass is 19.4. The molecule has 1 saturated heterocycles. The molecule has 0 amide bonds. The number of hydrogen-bond donors (Lipinski definition) is 1. The first-order valence-electron chi connectivity index (χ1n) is 11.6. The second kappa shape index (κ2) is 9.27. The summed E-state index contributed by atoms with van der Waals surface area (Å²) in [5.74, 6) is 0.345. The standard InChI is InChI=1S/C25H30F3N5O3/c1-15-10-17(25(26,27)28)13-21-32(30-23(29)33(15)21)14-20(34)16-11-18(24(2,3)4)22(35-5)19(12-16)31-6-8-36-9-7-31/h10-13,29H,6-9,14H2,1-5H3. The third-order valence-electron chi connectivity index (χ3n) is 6.30. The molecule has 4 rings (SSSR count). The van der Waals surface area contributed by atoms with Crippen LogP contribution in [0.5, 0.6) is 5.75 Å². The van der Waals surface area contributed by atoms with Gasteiger partial charge in [0.1, 0.15) is 5.75 Å². The van der Waals surface area contributed by atoms with E-state index < -0.39 is 11.7 Å². The van der Waals surface area contributed by atoms with E-state index in [1.165, 1.54) is 11.3 Å². The number of ether oxygens (including phenoxy) is 2. The van der Waals surface area contributed by atoms with E-state index in [2.05, 4.69) is 10.00 Å². The average Bonchev–Trinajstić information content (AvgIpc) is 3.13. The molecule has 8 nitrogen and oxygen atoms in total. The Morgan fingerprint density at radius 2 is 1.83 bits per heavy atom. The summed E-state index contributed by atoms with van der Waals surface area (Å²) in [5, 5.41) is 12.2. The number of anilines is 1. The number of pyridine rings is 1. The molecule has 36 heavy (non-hydrogen) atoms. The number of benzene rings is 1. The number of carbonyl (C=O) groups excluding carboxylic acids is 1. The highest BCUT2D eigenvalue weighted by molar-refractivity contribution is 5.97. The van der Waals surface area contributed by atoms with Gasteiger partial charge in [-0.05, 0) is 36.2 Å². The van der Waals surface area contributed by atoms with Crippen molar-refractivity contribution in [3.8, 4) is 5.75 Å². The molecule has 0 unspecified atom stereocenters. The number of halogens is 3. The van der Waals surface area contributed by atoms with Gasteiger partial charge in [-0.3, -0.25) is 4.79 Å². The second-order valence-corrected chi connectivity index (χ2v) is 9.91. The summed E-state index contributed by atoms with van der Waals surface area (Å²) in [6, 6.07) is 5.41. The summed E-state index contributed by atoms with van der Waals surface area (Å²) >= 11 is 0. The van der Waals surface area contributed by atoms with Crippen molar-refractivity contribution < 1.29 is 32.1 Å². The van der Waals surface area contributed by atoms with Gasteiger partial charge < -0.3 is 24.2 Å². The summed E-state index contributed by atoms with van der Waals surface area (Å²) in [6.07, 6.45) is -4.56. The van der Waals surface area contributed by atoms with Gasteiger partial charge in [-0.15, -0.1) is 0 Å². The third kappa shape index (κ3) is 4.84. The Balaban J connectivity index is 1.81. The lowest BCUT2D eigenvalue weighted by Crippen LogP contribution is -2.44. The van der Waals surface area contributed by atoms with Crippen LogP contribution >= 0.6 is 0 Å². The molecule has 11 heteroatoms. The number of methoxy groups -OCH3 is 1. The molecule has 1 aromatic carbocycles. The fourth-order valence-electron chi connectivity index (χ4n) is 4.48. The summed E-state index contributed by atoms with van der Waals surface area (Å²) in [5.41, 5.74) is 0.790. The molecule has 2 aromatic heterocycles. The van der Waals surface area contributed by atoms with E-state index in [1.54, 1.807) is 19.2 Å². The van der Waals surface area contributed by atoms with Crippen LogP contribution in [-0.4, -0.2) is 43.6 Å². The maximum atomic E-state index is 13.5. The van der Waals surface area contributed by atoms with E-state index in [9.17, 15) is 18.0 Å². The summed E-state index contributed by atoms with van der Waals surface area (Å²) in [7, 11) is 1.60. The predicted molar refractivity (Wildman–Crippen MR) is 126 cm³/mol. The van der Waals surface area contributed by atoms with Gasteiger partial charge in [0.05, 0.1) is 37.2 Å². The Kier molecular flexibility index (Phi) is 6.63. The molecule has 0 saturated carbocycles. The third-order valence-corrected chi connectivity index (χ3v) is 6.30. The molecule has 3 heterocycles. The summed E-state index contributed by atoms with van der Waals surface area (Å²) < 4.78 is 54.0. The van der Waals surface area contributed by atoms with Crippen LogP contribution < -0.4 is 25.0 Å². The average molecular weight is 506 g/mol. The highest BCUT2D eigenvalue weighted by Gasteiger charge is 2.32. The van der Waals surface area contributed by atoms with Crippen molar-refractivity contribution >= 4 is 17.1 Å². The molecular formula is C25H30F3N5O3. The Labute approximate surface area is 206 Å². The van der Waals surface area contributed by atoms with Gasteiger partial charge in [0, 0.05) is 30.3 Å². The van der Waals surface area contributed by atoms with Crippen LogP contribution in [0.4, 0.5) is 18.9 Å². The van der Waals surface area contributed by atoms with Crippen molar-refractivity contribution in [1.82, 2.24) is 9.50 Å². The van der Waals surface area contributed by atoms with Gasteiger partial charge in [0.15, 0.2) is 12.2 Å². The minimum Gasteiger partial charge on any atom is -0.494 e. The summed E-state index contributed by atoms with van der Waals surface area (Å²) in [4.78, 5) is 15.6. The number of fused-ring (bicyclic) bond motifs is 1. The topological polar surface area (TPSA) is 85.0 Å². The fourth-order valence-corrected chi connectivity index (χ4v) is 4.48. The first-order chi connectivity index (χ1) is 16.8. The monoisotopic (exact) mass is 505 g/mol. The van der Waals surface area contributed by atoms with Gasteiger partial charge in [-0.1, -0.05) is 20.8 Å². The van der Waals surface area contributed by atoms with E-state index in [0.29, 0.717) is 37.6 Å². The number of nitrogens with one attached hydrogen (secondary N) is 1. The SMILES string of the molecule is COc1c(N2CCOCC2)cc(C(=O)C[n+]2[n-]c(=N)n3c(C)cc(C(F)(F)F)cc32)cc1C(C)(C)C. The zero-order valence-electron chi connectivity index (χ0n) is 21.0. The summed E-state index contributed by atoms with van der Waals surface area (Å²) in [6.45, 7) is 9.60. The lowest BCUT2D eigenvalue weighted by molar-refractivity contribution is -0.720. The molecule has 1 aliphatic heterocycles. The van der Waals surface area contributed by atoms with Crippen LogP contribution in [0.15, 0.2) is 24.3 Å². The van der Waals surface area contributed by atoms with E-state index in [-0.39, 0.29) is 34.7 Å². The Bertz CT molecular complexity index is 1360. The van der Waals surface area contributed by atoms with Gasteiger partial charge in [-0.25, -0.2) is 9.78 Å². The minimum absolute atomic E-state index is 0.0265. The van der Waals surface area contributed by atoms with Crippen molar-refractivity contribution in [3.63, 3.8) is 0 Å². The number of carbonyl (C=O) groups is 1. The first-order valence-corrected chi connectivity index (χ1v) is 11.6. The van der Waals surface area contributed by atoms with Crippen LogP contribution in [0.25, 0.3) is 5.65 Å². The number of aromatic nitrogens is 3. The van der Waals surface area contributed by atoms with E-state index in [0.717, 1.165) is 28.1 Å². The molecule has 0 spiro atoms. The largest absolute Gasteiger partial charge is 0.494 e. The van der Waals surface area contributed by atoms with E-state index in [1.807, 2.05) is 20.8 Å². The number of rotatable bonds is 5. The zero-order valence-corrected chi connectivity index (χ0v) is 21.0. The van der Waals surface area contributed by atoms with Crippen LogP contribution in [0.1, 0.15) is 48.0 Å². The quantitative estimate of drug-likeness (QED) is 0.426. The fraction of sp³-hybridized carbons (Fsp3) is 0.480. The minimum atomic E-state index is -4.56. The molecular weight excluding hydrogens is 475 g/mol. The van der Waals surface area contributed by atoms with Gasteiger partial charge in [0.25, 0.3) is 0 Å². The lowest BCUT2D eigenvalue weighted by Gasteiger charge is -2.33.